The number of morpholine rings is 1. The number of benzene rings is 2. The van der Waals surface area contributed by atoms with Crippen LogP contribution in [-0.2, 0) is 14.8 Å². The van der Waals surface area contributed by atoms with E-state index in [1.54, 1.807) is 35.2 Å². The topological polar surface area (TPSA) is 66.9 Å². The number of hydrogen-bond donors (Lipinski definition) is 0. The third-order valence-corrected chi connectivity index (χ3v) is 6.36. The van der Waals surface area contributed by atoms with Crippen LogP contribution in [0.5, 0.6) is 0 Å². The molecule has 0 spiro atoms. The number of carbonyl (C=O) groups is 1. The fourth-order valence-corrected chi connectivity index (χ4v) is 4.16. The maximum absolute atomic E-state index is 12.7. The molecule has 1 saturated heterocycles. The van der Waals surface area contributed by atoms with E-state index in [0.29, 0.717) is 37.6 Å². The molecule has 8 heteroatoms. The van der Waals surface area contributed by atoms with Crippen LogP contribution in [0, 0.1) is 0 Å². The Balaban J connectivity index is 1.86. The highest BCUT2D eigenvalue weighted by atomic mass is 35.5. The Kier molecular flexibility index (Phi) is 5.50. The van der Waals surface area contributed by atoms with Crippen LogP contribution in [0.1, 0.15) is 10.4 Å². The van der Waals surface area contributed by atoms with Gasteiger partial charge in [-0.05, 0) is 30.3 Å². The maximum atomic E-state index is 12.7. The minimum Gasteiger partial charge on any atom is -0.378 e. The van der Waals surface area contributed by atoms with Crippen LogP contribution in [0.4, 0.5) is 5.69 Å². The molecule has 0 saturated carbocycles. The summed E-state index contributed by atoms with van der Waals surface area (Å²) in [6, 6.07) is 12.8. The Morgan fingerprint density at radius 1 is 1.12 bits per heavy atom. The third-order valence-electron chi connectivity index (χ3n) is 4.25. The summed E-state index contributed by atoms with van der Waals surface area (Å²) in [6.07, 6.45) is 0. The smallest absolute Gasteiger partial charge is 0.264 e. The van der Waals surface area contributed by atoms with Crippen molar-refractivity contribution in [3.05, 3.63) is 59.1 Å². The Hall–Kier alpha value is -2.09. The summed E-state index contributed by atoms with van der Waals surface area (Å²) in [4.78, 5) is 14.4. The van der Waals surface area contributed by atoms with E-state index in [-0.39, 0.29) is 15.8 Å². The summed E-state index contributed by atoms with van der Waals surface area (Å²) < 4.78 is 31.8. The molecule has 1 aliphatic heterocycles. The van der Waals surface area contributed by atoms with Gasteiger partial charge in [0.25, 0.3) is 15.9 Å². The van der Waals surface area contributed by atoms with Gasteiger partial charge in [-0.15, -0.1) is 0 Å². The van der Waals surface area contributed by atoms with Crippen molar-refractivity contribution in [1.29, 1.82) is 0 Å². The quantitative estimate of drug-likeness (QED) is 0.799. The number of amides is 1. The predicted octanol–water partition coefficient (Wildman–Crippen LogP) is 2.64. The molecule has 1 fully saturated rings. The summed E-state index contributed by atoms with van der Waals surface area (Å²) in [5.74, 6) is -0.182. The van der Waals surface area contributed by atoms with Crippen molar-refractivity contribution in [3.8, 4) is 0 Å². The zero-order valence-corrected chi connectivity index (χ0v) is 15.8. The minimum atomic E-state index is -3.70. The SMILES string of the molecule is CN(c1ccc(C(=O)N2CCOCC2)c(Cl)c1)S(=O)(=O)c1ccccc1. The lowest BCUT2D eigenvalue weighted by atomic mass is 10.1. The number of nitrogens with zero attached hydrogens (tertiary/aromatic N) is 2. The molecule has 26 heavy (non-hydrogen) atoms. The van der Waals surface area contributed by atoms with Crippen LogP contribution in [0.25, 0.3) is 0 Å². The Morgan fingerprint density at radius 2 is 1.77 bits per heavy atom. The number of hydrogen-bond acceptors (Lipinski definition) is 4. The predicted molar refractivity (Wildman–Crippen MR) is 100 cm³/mol. The van der Waals surface area contributed by atoms with Gasteiger partial charge in [0.2, 0.25) is 0 Å². The van der Waals surface area contributed by atoms with Gasteiger partial charge in [0.15, 0.2) is 0 Å². The lowest BCUT2D eigenvalue weighted by molar-refractivity contribution is 0.0303. The molecular formula is C18H19ClN2O4S. The van der Waals surface area contributed by atoms with Crippen LogP contribution in [0.15, 0.2) is 53.4 Å². The van der Waals surface area contributed by atoms with E-state index >= 15 is 0 Å². The van der Waals surface area contributed by atoms with Crippen LogP contribution in [0.3, 0.4) is 0 Å². The van der Waals surface area contributed by atoms with Crippen molar-refractivity contribution >= 4 is 33.2 Å². The molecule has 6 nitrogen and oxygen atoms in total. The fraction of sp³-hybridized carbons (Fsp3) is 0.278. The first-order valence-electron chi connectivity index (χ1n) is 8.12. The van der Waals surface area contributed by atoms with Gasteiger partial charge in [-0.1, -0.05) is 29.8 Å². The van der Waals surface area contributed by atoms with Crippen LogP contribution >= 0.6 is 11.6 Å². The lowest BCUT2D eigenvalue weighted by Crippen LogP contribution is -2.40. The van der Waals surface area contributed by atoms with Gasteiger partial charge in [0.05, 0.1) is 34.4 Å². The molecular weight excluding hydrogens is 376 g/mol. The summed E-state index contributed by atoms with van der Waals surface area (Å²) in [5, 5.41) is 0.217. The van der Waals surface area contributed by atoms with Crippen molar-refractivity contribution in [1.82, 2.24) is 4.90 Å². The number of anilines is 1. The standard InChI is InChI=1S/C18H19ClN2O4S/c1-20(26(23,24)15-5-3-2-4-6-15)14-7-8-16(17(19)13-14)18(22)21-9-11-25-12-10-21/h2-8,13H,9-12H2,1H3. The number of halogens is 1. The Morgan fingerprint density at radius 3 is 2.38 bits per heavy atom. The van der Waals surface area contributed by atoms with Gasteiger partial charge in [0, 0.05) is 20.1 Å². The second kappa shape index (κ2) is 7.65. The molecule has 0 aromatic heterocycles. The van der Waals surface area contributed by atoms with Gasteiger partial charge in [-0.3, -0.25) is 9.10 Å². The van der Waals surface area contributed by atoms with E-state index in [1.165, 1.54) is 25.2 Å². The molecule has 138 valence electrons. The molecule has 0 unspecified atom stereocenters. The van der Waals surface area contributed by atoms with Crippen LogP contribution < -0.4 is 4.31 Å². The molecule has 0 atom stereocenters. The molecule has 1 amide bonds. The van der Waals surface area contributed by atoms with Gasteiger partial charge in [-0.2, -0.15) is 0 Å². The highest BCUT2D eigenvalue weighted by Crippen LogP contribution is 2.28. The Labute approximate surface area is 158 Å². The highest BCUT2D eigenvalue weighted by Gasteiger charge is 2.24. The molecule has 0 bridgehead atoms. The van der Waals surface area contributed by atoms with Crippen molar-refractivity contribution in [3.63, 3.8) is 0 Å². The van der Waals surface area contributed by atoms with Crippen molar-refractivity contribution in [2.45, 2.75) is 4.90 Å². The van der Waals surface area contributed by atoms with Gasteiger partial charge >= 0.3 is 0 Å². The summed E-state index contributed by atoms with van der Waals surface area (Å²) in [7, 11) is -2.24. The maximum Gasteiger partial charge on any atom is 0.264 e. The first-order valence-corrected chi connectivity index (χ1v) is 9.93. The summed E-state index contributed by atoms with van der Waals surface area (Å²) in [6.45, 7) is 2.03. The summed E-state index contributed by atoms with van der Waals surface area (Å²) in [5.41, 5.74) is 0.736. The van der Waals surface area contributed by atoms with E-state index in [9.17, 15) is 13.2 Å². The number of ether oxygens (including phenoxy) is 1. The first-order chi connectivity index (χ1) is 12.4. The van der Waals surface area contributed by atoms with E-state index < -0.39 is 10.0 Å². The molecule has 0 N–H and O–H groups in total. The second-order valence-electron chi connectivity index (χ2n) is 5.85. The molecule has 2 aromatic carbocycles. The van der Waals surface area contributed by atoms with Gasteiger partial charge < -0.3 is 9.64 Å². The van der Waals surface area contributed by atoms with Gasteiger partial charge in [-0.25, -0.2) is 8.42 Å². The molecule has 1 aliphatic rings. The number of rotatable bonds is 4. The van der Waals surface area contributed by atoms with E-state index in [4.69, 9.17) is 16.3 Å². The normalized spacial score (nSPS) is 14.9. The van der Waals surface area contributed by atoms with Crippen molar-refractivity contribution in [2.24, 2.45) is 0 Å². The molecule has 2 aromatic rings. The van der Waals surface area contributed by atoms with E-state index in [0.717, 1.165) is 4.31 Å². The Bertz CT molecular complexity index is 897. The molecule has 0 radical (unpaired) electrons. The highest BCUT2D eigenvalue weighted by molar-refractivity contribution is 7.92. The molecule has 0 aliphatic carbocycles. The third kappa shape index (κ3) is 3.70. The fourth-order valence-electron chi connectivity index (χ4n) is 2.70. The van der Waals surface area contributed by atoms with Gasteiger partial charge in [0.1, 0.15) is 0 Å². The van der Waals surface area contributed by atoms with Crippen molar-refractivity contribution in [2.75, 3.05) is 37.7 Å². The van der Waals surface area contributed by atoms with Crippen LogP contribution in [-0.4, -0.2) is 52.6 Å². The first kappa shape index (κ1) is 18.7. The van der Waals surface area contributed by atoms with E-state index in [2.05, 4.69) is 0 Å². The zero-order valence-electron chi connectivity index (χ0n) is 14.3. The number of sulfonamides is 1. The number of carbonyl (C=O) groups excluding carboxylic acids is 1. The molecule has 3 rings (SSSR count). The monoisotopic (exact) mass is 394 g/mol. The zero-order chi connectivity index (χ0) is 18.7. The van der Waals surface area contributed by atoms with Crippen LogP contribution in [0.2, 0.25) is 5.02 Å². The van der Waals surface area contributed by atoms with E-state index in [1.807, 2.05) is 0 Å². The van der Waals surface area contributed by atoms with Crippen molar-refractivity contribution < 1.29 is 17.9 Å². The molecule has 1 heterocycles. The average Bonchev–Trinajstić information content (AvgIpc) is 2.68. The largest absolute Gasteiger partial charge is 0.378 e. The minimum absolute atomic E-state index is 0.182. The lowest BCUT2D eigenvalue weighted by Gasteiger charge is -2.27. The second-order valence-corrected chi connectivity index (χ2v) is 8.23. The summed E-state index contributed by atoms with van der Waals surface area (Å²) >= 11 is 6.28. The average molecular weight is 395 g/mol.